The highest BCUT2D eigenvalue weighted by Crippen LogP contribution is 2.41. The van der Waals surface area contributed by atoms with Crippen molar-refractivity contribution in [3.05, 3.63) is 29.8 Å². The zero-order chi connectivity index (χ0) is 30.2. The molecule has 2 unspecified atom stereocenters. The summed E-state index contributed by atoms with van der Waals surface area (Å²) in [6, 6.07) is 6.96. The van der Waals surface area contributed by atoms with Gasteiger partial charge in [-0.1, -0.05) is 52.7 Å². The van der Waals surface area contributed by atoms with Gasteiger partial charge in [-0.2, -0.15) is 0 Å². The van der Waals surface area contributed by atoms with E-state index in [0.29, 0.717) is 56.8 Å². The summed E-state index contributed by atoms with van der Waals surface area (Å²) in [6.45, 7) is 10.7. The number of nitrogens with zero attached hydrogens (tertiary/aromatic N) is 1. The summed E-state index contributed by atoms with van der Waals surface area (Å²) in [5, 5.41) is 8.49. The molecular weight excluding hydrogens is 520 g/mol. The number of rotatable bonds is 15. The Bertz CT molecular complexity index is 1100. The molecule has 41 heavy (non-hydrogen) atoms. The summed E-state index contributed by atoms with van der Waals surface area (Å²) in [4.78, 5) is 64.9. The van der Waals surface area contributed by atoms with E-state index >= 15 is 0 Å². The van der Waals surface area contributed by atoms with Crippen molar-refractivity contribution in [3.8, 4) is 0 Å². The van der Waals surface area contributed by atoms with E-state index in [1.807, 2.05) is 38.1 Å². The Morgan fingerprint density at radius 2 is 1.66 bits per heavy atom. The van der Waals surface area contributed by atoms with Gasteiger partial charge in [0.1, 0.15) is 11.5 Å². The molecular formula is C32H48N4O5. The van der Waals surface area contributed by atoms with E-state index in [-0.39, 0.29) is 35.5 Å². The highest BCUT2D eigenvalue weighted by molar-refractivity contribution is 6.07. The number of nitrogens with one attached hydrogen (secondary N) is 3. The maximum atomic E-state index is 13.1. The SMILES string of the molecule is CCC(C)Cc1ccc(NC(=O)[C@H](C)NC(=O)C2(C(=O)NCCCCCN3C(=O)CC(C(C)C)C3=O)CCC2)cc1. The lowest BCUT2D eigenvalue weighted by molar-refractivity contribution is -0.150. The van der Waals surface area contributed by atoms with Crippen molar-refractivity contribution in [1.82, 2.24) is 15.5 Å². The van der Waals surface area contributed by atoms with Gasteiger partial charge in [0.25, 0.3) is 0 Å². The van der Waals surface area contributed by atoms with Crippen LogP contribution in [-0.4, -0.2) is 53.6 Å². The van der Waals surface area contributed by atoms with Crippen molar-refractivity contribution in [1.29, 1.82) is 0 Å². The third-order valence-corrected chi connectivity index (χ3v) is 8.75. The van der Waals surface area contributed by atoms with Gasteiger partial charge in [-0.3, -0.25) is 28.9 Å². The van der Waals surface area contributed by atoms with Crippen LogP contribution in [0.25, 0.3) is 0 Å². The molecule has 3 N–H and O–H groups in total. The number of anilines is 1. The van der Waals surface area contributed by atoms with E-state index in [2.05, 4.69) is 29.8 Å². The number of likely N-dealkylation sites (tertiary alicyclic amines) is 1. The van der Waals surface area contributed by atoms with Crippen LogP contribution >= 0.6 is 0 Å². The Kier molecular flexibility index (Phi) is 11.5. The Morgan fingerprint density at radius 3 is 2.22 bits per heavy atom. The van der Waals surface area contributed by atoms with Crippen LogP contribution in [0.3, 0.4) is 0 Å². The maximum absolute atomic E-state index is 13.1. The van der Waals surface area contributed by atoms with Gasteiger partial charge < -0.3 is 16.0 Å². The Hall–Kier alpha value is -3.23. The monoisotopic (exact) mass is 568 g/mol. The molecule has 1 saturated carbocycles. The lowest BCUT2D eigenvalue weighted by atomic mass is 9.67. The van der Waals surface area contributed by atoms with E-state index in [1.165, 1.54) is 10.5 Å². The predicted octanol–water partition coefficient (Wildman–Crippen LogP) is 4.21. The predicted molar refractivity (Wildman–Crippen MR) is 159 cm³/mol. The van der Waals surface area contributed by atoms with Crippen molar-refractivity contribution < 1.29 is 24.0 Å². The molecule has 0 aromatic heterocycles. The average Bonchev–Trinajstić information content (AvgIpc) is 3.19. The average molecular weight is 569 g/mol. The van der Waals surface area contributed by atoms with Gasteiger partial charge >= 0.3 is 0 Å². The molecule has 3 rings (SSSR count). The quantitative estimate of drug-likeness (QED) is 0.166. The number of hydrogen-bond donors (Lipinski definition) is 3. The van der Waals surface area contributed by atoms with Crippen LogP contribution in [0.2, 0.25) is 0 Å². The largest absolute Gasteiger partial charge is 0.355 e. The summed E-state index contributed by atoms with van der Waals surface area (Å²) < 4.78 is 0. The molecule has 0 spiro atoms. The van der Waals surface area contributed by atoms with Crippen LogP contribution in [0.15, 0.2) is 24.3 Å². The molecule has 1 aliphatic carbocycles. The molecule has 2 aliphatic rings. The van der Waals surface area contributed by atoms with Gasteiger partial charge in [0, 0.05) is 31.1 Å². The lowest BCUT2D eigenvalue weighted by Crippen LogP contribution is -2.58. The van der Waals surface area contributed by atoms with Crippen LogP contribution in [0.5, 0.6) is 0 Å². The molecule has 5 amide bonds. The molecule has 2 fully saturated rings. The zero-order valence-corrected chi connectivity index (χ0v) is 25.4. The number of carbonyl (C=O) groups is 5. The van der Waals surface area contributed by atoms with E-state index in [0.717, 1.165) is 25.7 Å². The topological polar surface area (TPSA) is 125 Å². The highest BCUT2D eigenvalue weighted by atomic mass is 16.2. The van der Waals surface area contributed by atoms with E-state index in [9.17, 15) is 24.0 Å². The lowest BCUT2D eigenvalue weighted by Gasteiger charge is -2.39. The minimum atomic E-state index is -1.15. The van der Waals surface area contributed by atoms with Gasteiger partial charge in [0.05, 0.1) is 0 Å². The van der Waals surface area contributed by atoms with Crippen molar-refractivity contribution in [2.24, 2.45) is 23.2 Å². The number of carbonyl (C=O) groups excluding carboxylic acids is 5. The number of unbranched alkanes of at least 4 members (excludes halogenated alkanes) is 2. The number of imide groups is 1. The summed E-state index contributed by atoms with van der Waals surface area (Å²) in [6.07, 6.45) is 6.18. The fraction of sp³-hybridized carbons (Fsp3) is 0.656. The molecule has 1 aliphatic heterocycles. The summed E-state index contributed by atoms with van der Waals surface area (Å²) in [7, 11) is 0. The smallest absolute Gasteiger partial charge is 0.246 e. The number of hydrogen-bond acceptors (Lipinski definition) is 5. The molecule has 226 valence electrons. The van der Waals surface area contributed by atoms with Crippen molar-refractivity contribution in [3.63, 3.8) is 0 Å². The van der Waals surface area contributed by atoms with Gasteiger partial charge in [0.15, 0.2) is 0 Å². The molecule has 9 heteroatoms. The van der Waals surface area contributed by atoms with Gasteiger partial charge in [0.2, 0.25) is 29.5 Å². The van der Waals surface area contributed by atoms with Gasteiger partial charge in [-0.15, -0.1) is 0 Å². The minimum absolute atomic E-state index is 0.0749. The first-order valence-corrected chi connectivity index (χ1v) is 15.3. The zero-order valence-electron chi connectivity index (χ0n) is 25.4. The Labute approximate surface area is 244 Å². The van der Waals surface area contributed by atoms with Crippen LogP contribution in [0.4, 0.5) is 5.69 Å². The first-order valence-electron chi connectivity index (χ1n) is 15.3. The molecule has 1 saturated heterocycles. The fourth-order valence-electron chi connectivity index (χ4n) is 5.42. The van der Waals surface area contributed by atoms with Crippen molar-refractivity contribution in [2.45, 2.75) is 98.4 Å². The molecule has 3 atom stereocenters. The highest BCUT2D eigenvalue weighted by Gasteiger charge is 2.51. The standard InChI is InChI=1S/C32H48N4O5/c1-6-22(4)19-24-11-13-25(14-12-24)35-28(38)23(5)34-31(41)32(15-10-16-32)30(40)33-17-8-7-9-18-36-27(37)20-26(21(2)3)29(36)39/h11-14,21-23,26H,6-10,15-20H2,1-5H3,(H,33,40)(H,34,41)(H,35,38)/t22?,23-,26?/m0/s1. The van der Waals surface area contributed by atoms with E-state index in [1.54, 1.807) is 6.92 Å². The normalized spacial score (nSPS) is 19.5. The summed E-state index contributed by atoms with van der Waals surface area (Å²) in [5.74, 6) is -0.709. The fourth-order valence-corrected chi connectivity index (χ4v) is 5.42. The van der Waals surface area contributed by atoms with Crippen molar-refractivity contribution in [2.75, 3.05) is 18.4 Å². The third-order valence-electron chi connectivity index (χ3n) is 8.75. The van der Waals surface area contributed by atoms with Crippen molar-refractivity contribution >= 4 is 35.2 Å². The molecule has 9 nitrogen and oxygen atoms in total. The maximum Gasteiger partial charge on any atom is 0.246 e. The van der Waals surface area contributed by atoms with E-state index in [4.69, 9.17) is 0 Å². The third kappa shape index (κ3) is 8.17. The van der Waals surface area contributed by atoms with Gasteiger partial charge in [-0.25, -0.2) is 0 Å². The van der Waals surface area contributed by atoms with Crippen LogP contribution in [0, 0.1) is 23.2 Å². The van der Waals surface area contributed by atoms with Crippen LogP contribution in [0.1, 0.15) is 91.5 Å². The Balaban J connectivity index is 1.40. The second-order valence-electron chi connectivity index (χ2n) is 12.3. The molecule has 0 radical (unpaired) electrons. The molecule has 1 aromatic carbocycles. The summed E-state index contributed by atoms with van der Waals surface area (Å²) >= 11 is 0. The number of amides is 5. The van der Waals surface area contributed by atoms with Crippen LogP contribution < -0.4 is 16.0 Å². The van der Waals surface area contributed by atoms with Crippen LogP contribution in [-0.2, 0) is 30.4 Å². The summed E-state index contributed by atoms with van der Waals surface area (Å²) in [5.41, 5.74) is 0.735. The Morgan fingerprint density at radius 1 is 0.976 bits per heavy atom. The first kappa shape index (κ1) is 32.3. The second kappa shape index (κ2) is 14.6. The second-order valence-corrected chi connectivity index (χ2v) is 12.3. The molecule has 1 aromatic rings. The number of benzene rings is 1. The molecule has 0 bridgehead atoms. The van der Waals surface area contributed by atoms with E-state index < -0.39 is 17.4 Å². The molecule has 1 heterocycles. The minimum Gasteiger partial charge on any atom is -0.355 e. The van der Waals surface area contributed by atoms with Gasteiger partial charge in [-0.05, 0) is 75.0 Å². The first-order chi connectivity index (χ1) is 19.5.